The van der Waals surface area contributed by atoms with E-state index < -0.39 is 18.6 Å². The Kier molecular flexibility index (Phi) is 3.28. The van der Waals surface area contributed by atoms with Crippen molar-refractivity contribution in [1.29, 1.82) is 0 Å². The fourth-order valence-corrected chi connectivity index (χ4v) is 2.13. The summed E-state index contributed by atoms with van der Waals surface area (Å²) in [6.45, 7) is -0.221. The largest absolute Gasteiger partial charge is 0.508 e. The molecule has 0 aromatic heterocycles. The van der Waals surface area contributed by atoms with Gasteiger partial charge in [0, 0.05) is 18.2 Å². The topological polar surface area (TPSA) is 69.6 Å². The van der Waals surface area contributed by atoms with Gasteiger partial charge < -0.3 is 15.5 Å². The quantitative estimate of drug-likeness (QED) is 0.749. The van der Waals surface area contributed by atoms with Gasteiger partial charge in [0.25, 0.3) is 0 Å². The van der Waals surface area contributed by atoms with Gasteiger partial charge in [-0.05, 0) is 24.1 Å². The first-order chi connectivity index (χ1) is 8.11. The van der Waals surface area contributed by atoms with Crippen LogP contribution in [-0.2, 0) is 11.5 Å². The third-order valence-electron chi connectivity index (χ3n) is 3.10. The molecule has 1 saturated heterocycles. The summed E-state index contributed by atoms with van der Waals surface area (Å²) in [4.78, 5) is 10.8. The summed E-state index contributed by atoms with van der Waals surface area (Å²) in [6, 6.07) is 4.32. The number of aliphatic carboxylic acids is 1. The highest BCUT2D eigenvalue weighted by molar-refractivity contribution is 5.71. The number of halogens is 1. The average Bonchev–Trinajstić information content (AvgIpc) is 2.79. The van der Waals surface area contributed by atoms with Crippen LogP contribution in [0.5, 0.6) is 5.75 Å². The Bertz CT molecular complexity index is 436. The van der Waals surface area contributed by atoms with Gasteiger partial charge in [0.2, 0.25) is 0 Å². The Morgan fingerprint density at radius 2 is 2.29 bits per heavy atom. The number of aromatic hydroxyl groups is 1. The van der Waals surface area contributed by atoms with Crippen molar-refractivity contribution in [3.8, 4) is 5.75 Å². The Labute approximate surface area is 98.1 Å². The van der Waals surface area contributed by atoms with Crippen LogP contribution >= 0.6 is 0 Å². The van der Waals surface area contributed by atoms with Crippen LogP contribution in [0.1, 0.15) is 23.6 Å². The summed E-state index contributed by atoms with van der Waals surface area (Å²) in [5.41, 5.74) is 1.06. The first-order valence-corrected chi connectivity index (χ1v) is 5.45. The number of hydrogen-bond acceptors (Lipinski definition) is 3. The minimum absolute atomic E-state index is 0.0748. The molecule has 0 amide bonds. The molecule has 0 saturated carbocycles. The summed E-state index contributed by atoms with van der Waals surface area (Å²) in [6.07, 6.45) is 0.415. The number of carboxylic acid groups (broad SMARTS) is 1. The van der Waals surface area contributed by atoms with Gasteiger partial charge in [0.05, 0.1) is 5.92 Å². The summed E-state index contributed by atoms with van der Waals surface area (Å²) >= 11 is 0. The molecule has 4 nitrogen and oxygen atoms in total. The van der Waals surface area contributed by atoms with Crippen molar-refractivity contribution < 1.29 is 19.4 Å². The van der Waals surface area contributed by atoms with Crippen LogP contribution in [-0.4, -0.2) is 22.7 Å². The van der Waals surface area contributed by atoms with E-state index in [1.165, 1.54) is 12.1 Å². The molecule has 2 atom stereocenters. The van der Waals surface area contributed by atoms with E-state index in [4.69, 9.17) is 5.11 Å². The number of phenols is 1. The summed E-state index contributed by atoms with van der Waals surface area (Å²) in [7, 11) is 0. The molecule has 0 radical (unpaired) electrons. The van der Waals surface area contributed by atoms with Crippen LogP contribution in [0.2, 0.25) is 0 Å². The minimum atomic E-state index is -0.846. The average molecular weight is 239 g/mol. The summed E-state index contributed by atoms with van der Waals surface area (Å²) < 4.78 is 12.5. The van der Waals surface area contributed by atoms with E-state index in [0.29, 0.717) is 24.1 Å². The van der Waals surface area contributed by atoms with Crippen molar-refractivity contribution in [2.45, 2.75) is 19.1 Å². The molecule has 0 aliphatic carbocycles. The van der Waals surface area contributed by atoms with Crippen molar-refractivity contribution in [2.24, 2.45) is 5.92 Å². The molecule has 17 heavy (non-hydrogen) atoms. The maximum atomic E-state index is 12.5. The molecule has 1 heterocycles. The molecule has 1 aliphatic heterocycles. The van der Waals surface area contributed by atoms with E-state index >= 15 is 0 Å². The number of rotatable bonds is 3. The van der Waals surface area contributed by atoms with Gasteiger partial charge in [0.15, 0.2) is 0 Å². The van der Waals surface area contributed by atoms with Crippen molar-refractivity contribution in [2.75, 3.05) is 6.54 Å². The standard InChI is InChI=1S/C12H14FNO3/c13-5-7-1-2-11(15)9(3-7)10-4-8(6-14-10)12(16)17/h1-3,8,10,14-15H,4-6H2,(H,16,17). The van der Waals surface area contributed by atoms with Crippen LogP contribution < -0.4 is 5.32 Å². The minimum Gasteiger partial charge on any atom is -0.508 e. The predicted molar refractivity (Wildman–Crippen MR) is 59.4 cm³/mol. The van der Waals surface area contributed by atoms with Crippen LogP contribution in [0.4, 0.5) is 4.39 Å². The molecule has 1 fully saturated rings. The summed E-state index contributed by atoms with van der Waals surface area (Å²) in [5.74, 6) is -1.22. The number of benzene rings is 1. The third kappa shape index (κ3) is 2.39. The molecule has 0 bridgehead atoms. The highest BCUT2D eigenvalue weighted by Crippen LogP contribution is 2.33. The monoisotopic (exact) mass is 239 g/mol. The number of alkyl halides is 1. The lowest BCUT2D eigenvalue weighted by atomic mass is 9.98. The van der Waals surface area contributed by atoms with E-state index in [1.54, 1.807) is 6.07 Å². The summed E-state index contributed by atoms with van der Waals surface area (Å²) in [5, 5.41) is 21.6. The predicted octanol–water partition coefficient (Wildman–Crippen LogP) is 1.60. The lowest BCUT2D eigenvalue weighted by Crippen LogP contribution is -2.17. The van der Waals surface area contributed by atoms with E-state index in [2.05, 4.69) is 5.32 Å². The second-order valence-corrected chi connectivity index (χ2v) is 4.26. The number of carbonyl (C=O) groups is 1. The van der Waals surface area contributed by atoms with Crippen LogP contribution in [0.25, 0.3) is 0 Å². The molecule has 2 unspecified atom stereocenters. The zero-order chi connectivity index (χ0) is 12.4. The van der Waals surface area contributed by atoms with E-state index in [0.717, 1.165) is 0 Å². The van der Waals surface area contributed by atoms with Crippen molar-refractivity contribution >= 4 is 5.97 Å². The Hall–Kier alpha value is -1.62. The second-order valence-electron chi connectivity index (χ2n) is 4.26. The highest BCUT2D eigenvalue weighted by Gasteiger charge is 2.31. The van der Waals surface area contributed by atoms with Crippen LogP contribution in [0, 0.1) is 5.92 Å². The third-order valence-corrected chi connectivity index (χ3v) is 3.10. The molecule has 0 spiro atoms. The van der Waals surface area contributed by atoms with Gasteiger partial charge in [0.1, 0.15) is 12.4 Å². The molecule has 2 rings (SSSR count). The smallest absolute Gasteiger partial charge is 0.307 e. The van der Waals surface area contributed by atoms with Gasteiger partial charge >= 0.3 is 5.97 Å². The Morgan fingerprint density at radius 3 is 2.88 bits per heavy atom. The lowest BCUT2D eigenvalue weighted by Gasteiger charge is -2.13. The lowest BCUT2D eigenvalue weighted by molar-refractivity contribution is -0.141. The maximum Gasteiger partial charge on any atom is 0.307 e. The molecule has 3 N–H and O–H groups in total. The number of hydrogen-bond donors (Lipinski definition) is 3. The zero-order valence-corrected chi connectivity index (χ0v) is 9.19. The zero-order valence-electron chi connectivity index (χ0n) is 9.19. The van der Waals surface area contributed by atoms with E-state index in [-0.39, 0.29) is 11.8 Å². The van der Waals surface area contributed by atoms with E-state index in [9.17, 15) is 14.3 Å². The molecule has 1 aromatic carbocycles. The first-order valence-electron chi connectivity index (χ1n) is 5.45. The van der Waals surface area contributed by atoms with Crippen LogP contribution in [0.15, 0.2) is 18.2 Å². The van der Waals surface area contributed by atoms with Crippen molar-refractivity contribution in [1.82, 2.24) is 5.32 Å². The Morgan fingerprint density at radius 1 is 1.53 bits per heavy atom. The fourth-order valence-electron chi connectivity index (χ4n) is 2.13. The molecule has 1 aliphatic rings. The normalized spacial score (nSPS) is 23.8. The first kappa shape index (κ1) is 11.9. The highest BCUT2D eigenvalue weighted by atomic mass is 19.1. The van der Waals surface area contributed by atoms with Gasteiger partial charge in [-0.25, -0.2) is 4.39 Å². The molecular weight excluding hydrogens is 225 g/mol. The fraction of sp³-hybridized carbons (Fsp3) is 0.417. The van der Waals surface area contributed by atoms with E-state index in [1.807, 2.05) is 0 Å². The van der Waals surface area contributed by atoms with Gasteiger partial charge in [-0.2, -0.15) is 0 Å². The Balaban J connectivity index is 2.20. The second kappa shape index (κ2) is 4.71. The van der Waals surface area contributed by atoms with Gasteiger partial charge in [-0.1, -0.05) is 6.07 Å². The molecule has 92 valence electrons. The SMILES string of the molecule is O=C(O)C1CNC(c2cc(CF)ccc2O)C1. The van der Waals surface area contributed by atoms with Gasteiger partial charge in [-0.15, -0.1) is 0 Å². The van der Waals surface area contributed by atoms with Crippen LogP contribution in [0.3, 0.4) is 0 Å². The van der Waals surface area contributed by atoms with Crippen molar-refractivity contribution in [3.63, 3.8) is 0 Å². The molecular formula is C12H14FNO3. The maximum absolute atomic E-state index is 12.5. The number of phenolic OH excluding ortho intramolecular Hbond substituents is 1. The molecule has 1 aromatic rings. The van der Waals surface area contributed by atoms with Crippen molar-refractivity contribution in [3.05, 3.63) is 29.3 Å². The number of nitrogens with one attached hydrogen (secondary N) is 1. The van der Waals surface area contributed by atoms with Gasteiger partial charge in [-0.3, -0.25) is 4.79 Å². The molecule has 5 heteroatoms. The number of carboxylic acids is 1.